The van der Waals surface area contributed by atoms with Gasteiger partial charge in [0.15, 0.2) is 0 Å². The van der Waals surface area contributed by atoms with Gasteiger partial charge in [0.25, 0.3) is 0 Å². The molecule has 0 heterocycles. The van der Waals surface area contributed by atoms with Crippen molar-refractivity contribution in [3.05, 3.63) is 146 Å². The van der Waals surface area contributed by atoms with Gasteiger partial charge in [-0.25, -0.2) is 0 Å². The molecular weight excluding hydrogens is 631 g/mol. The van der Waals surface area contributed by atoms with Crippen molar-refractivity contribution in [3.63, 3.8) is 0 Å². The van der Waals surface area contributed by atoms with E-state index in [1.807, 2.05) is 0 Å². The summed E-state index contributed by atoms with van der Waals surface area (Å²) in [7, 11) is 0. The molecule has 0 N–H and O–H groups in total. The summed E-state index contributed by atoms with van der Waals surface area (Å²) in [5, 5.41) is 0. The fraction of sp³-hybridized carbons (Fsp3) is 0.256. The summed E-state index contributed by atoms with van der Waals surface area (Å²) < 4.78 is 4.93. The van der Waals surface area contributed by atoms with Crippen LogP contribution in [0.1, 0.15) is 81.3 Å². The van der Waals surface area contributed by atoms with Crippen molar-refractivity contribution in [1.82, 2.24) is 0 Å². The number of hydrogen-bond donors (Lipinski definition) is 0. The number of hydrogen-bond acceptors (Lipinski definition) is 0. The topological polar surface area (TPSA) is 0 Å². The van der Waals surface area contributed by atoms with Gasteiger partial charge in [-0.2, -0.15) is 0 Å². The van der Waals surface area contributed by atoms with E-state index in [0.717, 1.165) is 12.8 Å². The Kier molecular flexibility index (Phi) is 9.89. The van der Waals surface area contributed by atoms with Gasteiger partial charge >= 0.3 is 250 Å². The molecule has 0 atom stereocenters. The summed E-state index contributed by atoms with van der Waals surface area (Å²) in [6, 6.07) is 34.9. The minimum Gasteiger partial charge on any atom is -1.00 e. The summed E-state index contributed by atoms with van der Waals surface area (Å²) in [6.45, 7) is 14.1. The van der Waals surface area contributed by atoms with Crippen LogP contribution in [0, 0.1) is 0 Å². The van der Waals surface area contributed by atoms with Crippen LogP contribution >= 0.6 is 0 Å². The fourth-order valence-electron chi connectivity index (χ4n) is 6.16. The smallest absolute Gasteiger partial charge is 1.00 e. The van der Waals surface area contributed by atoms with Gasteiger partial charge in [-0.1, -0.05) is 0 Å². The normalized spacial score (nSPS) is 13.2. The summed E-state index contributed by atoms with van der Waals surface area (Å²) >= 11 is -2.65. The zero-order chi connectivity index (χ0) is 28.1. The average Bonchev–Trinajstić information content (AvgIpc) is 3.59. The van der Waals surface area contributed by atoms with E-state index < -0.39 is 21.3 Å². The molecule has 0 nitrogen and oxygen atoms in total. The van der Waals surface area contributed by atoms with E-state index in [1.165, 1.54) is 38.9 Å². The number of halogens is 2. The van der Waals surface area contributed by atoms with Crippen LogP contribution < -0.4 is 28.1 Å². The SMILES string of the molecule is CC(C)(C)c1ccc2c(c1)-c1cc(C(C)(C)C)c[c]([Zr+2]([C]3=CC=CC3)=[C](c3ccccc3)c3ccccc3)c1C2.[Cl-].[Cl-]. The molecule has 3 heteroatoms. The maximum Gasteiger partial charge on any atom is -1.00 e. The van der Waals surface area contributed by atoms with Crippen LogP contribution in [0.5, 0.6) is 0 Å². The summed E-state index contributed by atoms with van der Waals surface area (Å²) in [5.74, 6) is 0. The van der Waals surface area contributed by atoms with E-state index >= 15 is 0 Å². The largest absolute Gasteiger partial charge is 1.00 e. The molecule has 2 aliphatic rings. The van der Waals surface area contributed by atoms with E-state index in [9.17, 15) is 0 Å². The van der Waals surface area contributed by atoms with Crippen LogP contribution in [0.3, 0.4) is 0 Å². The van der Waals surface area contributed by atoms with Gasteiger partial charge in [-0.3, -0.25) is 0 Å². The van der Waals surface area contributed by atoms with Crippen molar-refractivity contribution >= 4 is 6.48 Å². The molecule has 0 unspecified atom stereocenters. The Bertz CT molecular complexity index is 1640. The van der Waals surface area contributed by atoms with Gasteiger partial charge in [-0.05, 0) is 0 Å². The first-order chi connectivity index (χ1) is 19.1. The number of allylic oxidation sites excluding steroid dienone is 4. The van der Waals surface area contributed by atoms with Crippen LogP contribution in [0.25, 0.3) is 11.1 Å². The number of benzene rings is 4. The molecule has 0 fully saturated rings. The molecule has 0 spiro atoms. The molecule has 0 aliphatic heterocycles. The maximum atomic E-state index is 2.63. The summed E-state index contributed by atoms with van der Waals surface area (Å²) in [4.78, 5) is 0. The first-order valence-corrected chi connectivity index (χ1v) is 18.3. The predicted octanol–water partition coefficient (Wildman–Crippen LogP) is 3.22. The molecule has 0 saturated heterocycles. The molecule has 4 aromatic rings. The summed E-state index contributed by atoms with van der Waals surface area (Å²) in [6.07, 6.45) is 9.23. The Labute approximate surface area is 273 Å². The first kappa shape index (κ1) is 32.6. The van der Waals surface area contributed by atoms with Crippen LogP contribution in [0.4, 0.5) is 0 Å². The molecule has 2 aliphatic carbocycles. The van der Waals surface area contributed by atoms with Crippen molar-refractivity contribution in [2.24, 2.45) is 0 Å². The fourth-order valence-corrected chi connectivity index (χ4v) is 14.2. The van der Waals surface area contributed by atoms with Crippen molar-refractivity contribution in [3.8, 4) is 11.1 Å². The minimum absolute atomic E-state index is 0. The van der Waals surface area contributed by atoms with E-state index in [2.05, 4.69) is 151 Å². The first-order valence-electron chi connectivity index (χ1n) is 14.6. The van der Waals surface area contributed by atoms with Crippen LogP contribution in [0.15, 0.2) is 113 Å². The Morgan fingerprint density at radius 3 is 1.74 bits per heavy atom. The van der Waals surface area contributed by atoms with Crippen LogP contribution in [-0.2, 0) is 38.5 Å². The molecule has 0 amide bonds. The maximum absolute atomic E-state index is 2.65. The second-order valence-electron chi connectivity index (χ2n) is 13.4. The van der Waals surface area contributed by atoms with Gasteiger partial charge in [-0.15, -0.1) is 0 Å². The Balaban J connectivity index is 0.00000202. The van der Waals surface area contributed by atoms with Crippen molar-refractivity contribution in [1.29, 1.82) is 0 Å². The van der Waals surface area contributed by atoms with E-state index in [4.69, 9.17) is 0 Å². The Morgan fingerprint density at radius 2 is 1.21 bits per heavy atom. The average molecular weight is 671 g/mol. The molecular formula is C39H40Cl2Zr. The van der Waals surface area contributed by atoms with Crippen molar-refractivity contribution in [2.75, 3.05) is 0 Å². The molecule has 4 aromatic carbocycles. The quantitative estimate of drug-likeness (QED) is 0.276. The zero-order valence-corrected chi connectivity index (χ0v) is 29.5. The third kappa shape index (κ3) is 6.31. The van der Waals surface area contributed by atoms with Gasteiger partial charge in [0.05, 0.1) is 0 Å². The third-order valence-corrected chi connectivity index (χ3v) is 16.0. The Morgan fingerprint density at radius 1 is 0.643 bits per heavy atom. The molecule has 6 rings (SSSR count). The van der Waals surface area contributed by atoms with Crippen LogP contribution in [0.2, 0.25) is 0 Å². The predicted molar refractivity (Wildman–Crippen MR) is 170 cm³/mol. The van der Waals surface area contributed by atoms with Gasteiger partial charge in [0.1, 0.15) is 0 Å². The van der Waals surface area contributed by atoms with E-state index in [1.54, 1.807) is 15.3 Å². The zero-order valence-electron chi connectivity index (χ0n) is 25.6. The van der Waals surface area contributed by atoms with Crippen LogP contribution in [-0.4, -0.2) is 3.21 Å². The molecule has 0 saturated carbocycles. The van der Waals surface area contributed by atoms with Gasteiger partial charge in [0, 0.05) is 0 Å². The van der Waals surface area contributed by atoms with Crippen molar-refractivity contribution < 1.29 is 46.1 Å². The minimum atomic E-state index is -2.65. The van der Waals surface area contributed by atoms with Gasteiger partial charge < -0.3 is 24.8 Å². The second-order valence-corrected chi connectivity index (χ2v) is 19.4. The Hall–Kier alpha value is -2.31. The molecule has 214 valence electrons. The monoisotopic (exact) mass is 668 g/mol. The van der Waals surface area contributed by atoms with E-state index in [-0.39, 0.29) is 35.6 Å². The van der Waals surface area contributed by atoms with Crippen molar-refractivity contribution in [2.45, 2.75) is 65.2 Å². The molecule has 0 radical (unpaired) electrons. The molecule has 0 bridgehead atoms. The number of rotatable bonds is 4. The standard InChI is InChI=1S/C21H25.C13H10.C5H5.2ClH.Zr/c1-20(2,3)16-9-7-14-11-15-8-10-17(21(4,5)6)13-19(15)18(14)12-16;1-3-7-12(8-4-1)11-13-9-5-2-6-10-13;1-2-4-5-3-1;;;/h7,9-10,12-13H,11H2,1-6H3;1-10H;1-3H,4H2;2*1H;/q;;;;;+2/p-2. The summed E-state index contributed by atoms with van der Waals surface area (Å²) in [5.41, 5.74) is 11.9. The van der Waals surface area contributed by atoms with E-state index in [0.29, 0.717) is 0 Å². The van der Waals surface area contributed by atoms with Gasteiger partial charge in [0.2, 0.25) is 0 Å². The third-order valence-electron chi connectivity index (χ3n) is 8.49. The molecule has 0 aromatic heterocycles. The molecule has 42 heavy (non-hydrogen) atoms. The number of fused-ring (bicyclic) bond motifs is 3. The second kappa shape index (κ2) is 12.7.